The molecule has 1 saturated heterocycles. The van der Waals surface area contributed by atoms with Crippen molar-refractivity contribution in [2.75, 3.05) is 32.0 Å². The van der Waals surface area contributed by atoms with E-state index in [1.807, 2.05) is 30.3 Å². The number of piperazine rings is 1. The maximum absolute atomic E-state index is 13.5. The van der Waals surface area contributed by atoms with E-state index < -0.39 is 10.0 Å². The van der Waals surface area contributed by atoms with Crippen molar-refractivity contribution in [2.45, 2.75) is 23.8 Å². The first kappa shape index (κ1) is 18.2. The summed E-state index contributed by atoms with van der Waals surface area (Å²) in [7, 11) is -1.52. The lowest BCUT2D eigenvalue weighted by molar-refractivity contribution is -0.887. The number of quaternary nitrogens is 1. The molecule has 0 bridgehead atoms. The van der Waals surface area contributed by atoms with E-state index in [9.17, 15) is 13.2 Å². The van der Waals surface area contributed by atoms with Gasteiger partial charge in [0.25, 0.3) is 0 Å². The zero-order valence-electron chi connectivity index (χ0n) is 15.3. The van der Waals surface area contributed by atoms with Gasteiger partial charge in [0, 0.05) is 12.1 Å². The third-order valence-electron chi connectivity index (χ3n) is 5.41. The highest BCUT2D eigenvalue weighted by molar-refractivity contribution is 7.89. The monoisotopic (exact) mass is 386 g/mol. The summed E-state index contributed by atoms with van der Waals surface area (Å²) in [6.07, 6.45) is 0.959. The predicted molar refractivity (Wildman–Crippen MR) is 103 cm³/mol. The Morgan fingerprint density at radius 2 is 1.89 bits per heavy atom. The maximum Gasteiger partial charge on any atom is 0.244 e. The molecule has 6 nitrogen and oxygen atoms in total. The van der Waals surface area contributed by atoms with Crippen molar-refractivity contribution in [1.29, 1.82) is 0 Å². The normalized spacial score (nSPS) is 23.5. The molecule has 4 rings (SSSR count). The summed E-state index contributed by atoms with van der Waals surface area (Å²) in [5.41, 5.74) is 2.62. The third kappa shape index (κ3) is 3.50. The van der Waals surface area contributed by atoms with Crippen molar-refractivity contribution in [3.63, 3.8) is 0 Å². The number of sulfonamides is 1. The first-order valence-corrected chi connectivity index (χ1v) is 10.7. The van der Waals surface area contributed by atoms with Gasteiger partial charge in [0.1, 0.15) is 0 Å². The maximum atomic E-state index is 13.5. The van der Waals surface area contributed by atoms with Crippen molar-refractivity contribution < 1.29 is 18.1 Å². The van der Waals surface area contributed by atoms with Crippen molar-refractivity contribution in [3.05, 3.63) is 59.7 Å². The lowest BCUT2D eigenvalue weighted by atomic mass is 10.0. The Kier molecular flexibility index (Phi) is 4.75. The van der Waals surface area contributed by atoms with Gasteiger partial charge in [-0.25, -0.2) is 8.42 Å². The number of benzene rings is 2. The van der Waals surface area contributed by atoms with Crippen molar-refractivity contribution in [3.8, 4) is 0 Å². The van der Waals surface area contributed by atoms with Gasteiger partial charge in [0.05, 0.1) is 37.6 Å². The number of fused-ring (bicyclic) bond motifs is 1. The molecule has 2 aliphatic heterocycles. The minimum atomic E-state index is -3.62. The van der Waals surface area contributed by atoms with E-state index in [2.05, 4.69) is 12.4 Å². The van der Waals surface area contributed by atoms with Crippen LogP contribution in [0.2, 0.25) is 0 Å². The van der Waals surface area contributed by atoms with Crippen LogP contribution in [0.5, 0.6) is 0 Å². The summed E-state index contributed by atoms with van der Waals surface area (Å²) in [5.74, 6) is -0.0238. The number of nitrogens with zero attached hydrogens (tertiary/aromatic N) is 1. The van der Waals surface area contributed by atoms with Crippen molar-refractivity contribution >= 4 is 21.6 Å². The Morgan fingerprint density at radius 3 is 2.67 bits per heavy atom. The summed E-state index contributed by atoms with van der Waals surface area (Å²) in [6.45, 7) is 2.01. The lowest BCUT2D eigenvalue weighted by Crippen LogP contribution is -3.12. The molecule has 0 aromatic heterocycles. The van der Waals surface area contributed by atoms with Gasteiger partial charge in [0.2, 0.25) is 15.9 Å². The molecule has 0 spiro atoms. The second kappa shape index (κ2) is 7.07. The van der Waals surface area contributed by atoms with E-state index in [-0.39, 0.29) is 11.9 Å². The summed E-state index contributed by atoms with van der Waals surface area (Å²) in [4.78, 5) is 13.2. The van der Waals surface area contributed by atoms with Gasteiger partial charge in [-0.15, -0.1) is 0 Å². The second-order valence-electron chi connectivity index (χ2n) is 7.32. The predicted octanol–water partition coefficient (Wildman–Crippen LogP) is 0.832. The topological polar surface area (TPSA) is 70.9 Å². The van der Waals surface area contributed by atoms with Crippen LogP contribution in [0.25, 0.3) is 0 Å². The van der Waals surface area contributed by atoms with Gasteiger partial charge in [-0.05, 0) is 35.7 Å². The molecule has 2 aliphatic rings. The number of amides is 1. The minimum absolute atomic E-state index is 0.0238. The molecule has 2 aromatic carbocycles. The summed E-state index contributed by atoms with van der Waals surface area (Å²) in [6, 6.07) is 14.7. The Morgan fingerprint density at radius 1 is 1.11 bits per heavy atom. The van der Waals surface area contributed by atoms with Gasteiger partial charge >= 0.3 is 0 Å². The van der Waals surface area contributed by atoms with Crippen LogP contribution in [-0.4, -0.2) is 45.3 Å². The van der Waals surface area contributed by atoms with Gasteiger partial charge in [0.15, 0.2) is 0 Å². The van der Waals surface area contributed by atoms with Crippen LogP contribution < -0.4 is 10.2 Å². The largest absolute Gasteiger partial charge is 0.335 e. The van der Waals surface area contributed by atoms with Gasteiger partial charge in [-0.1, -0.05) is 30.3 Å². The average Bonchev–Trinajstić information content (AvgIpc) is 2.68. The van der Waals surface area contributed by atoms with Crippen LogP contribution in [0.1, 0.15) is 23.6 Å². The van der Waals surface area contributed by atoms with E-state index in [1.54, 1.807) is 22.5 Å². The number of nitrogens with one attached hydrogen (secondary N) is 2. The molecule has 1 fully saturated rings. The molecule has 1 unspecified atom stereocenters. The van der Waals surface area contributed by atoms with Crippen LogP contribution >= 0.6 is 0 Å². The average molecular weight is 386 g/mol. The number of rotatable bonds is 3. The highest BCUT2D eigenvalue weighted by Crippen LogP contribution is 2.31. The summed E-state index contributed by atoms with van der Waals surface area (Å²) < 4.78 is 28.6. The van der Waals surface area contributed by atoms with Gasteiger partial charge in [-0.2, -0.15) is 4.31 Å². The minimum Gasteiger partial charge on any atom is -0.335 e. The summed E-state index contributed by atoms with van der Waals surface area (Å²) >= 11 is 0. The molecule has 142 valence electrons. The zero-order chi connectivity index (χ0) is 19.0. The third-order valence-corrected chi connectivity index (χ3v) is 7.32. The fourth-order valence-electron chi connectivity index (χ4n) is 3.89. The standard InChI is InChI=1S/C20H23N3O3S/c1-22-11-12-23(19(14-22)15-5-3-2-4-6-15)27(25,26)17-8-9-18-16(13-17)7-10-20(24)21-18/h2-6,8-9,13,19H,7,10-12,14H2,1H3,(H,21,24)/p+1/t19-/m0/s1. The molecular formula is C20H24N3O3S+. The highest BCUT2D eigenvalue weighted by Gasteiger charge is 2.38. The first-order chi connectivity index (χ1) is 12.9. The fourth-order valence-corrected chi connectivity index (χ4v) is 5.56. The Balaban J connectivity index is 1.70. The van der Waals surface area contributed by atoms with Crippen LogP contribution in [0, 0.1) is 0 Å². The van der Waals surface area contributed by atoms with E-state index >= 15 is 0 Å². The number of hydrogen-bond donors (Lipinski definition) is 2. The Bertz CT molecular complexity index is 960. The molecule has 0 radical (unpaired) electrons. The molecular weight excluding hydrogens is 362 g/mol. The van der Waals surface area contributed by atoms with Crippen LogP contribution in [0.15, 0.2) is 53.4 Å². The van der Waals surface area contributed by atoms with Gasteiger partial charge < -0.3 is 10.2 Å². The molecule has 1 amide bonds. The first-order valence-electron chi connectivity index (χ1n) is 9.26. The molecule has 2 N–H and O–H groups in total. The lowest BCUT2D eigenvalue weighted by Gasteiger charge is -2.37. The van der Waals surface area contributed by atoms with Crippen LogP contribution in [0.3, 0.4) is 0 Å². The number of hydrogen-bond acceptors (Lipinski definition) is 3. The molecule has 2 aromatic rings. The molecule has 0 saturated carbocycles. The smallest absolute Gasteiger partial charge is 0.244 e. The molecule has 7 heteroatoms. The zero-order valence-corrected chi connectivity index (χ0v) is 16.1. The molecule has 2 atom stereocenters. The van der Waals surface area contributed by atoms with Crippen molar-refractivity contribution in [1.82, 2.24) is 4.31 Å². The highest BCUT2D eigenvalue weighted by atomic mass is 32.2. The van der Waals surface area contributed by atoms with E-state index in [0.29, 0.717) is 30.0 Å². The molecule has 2 heterocycles. The SMILES string of the molecule is C[NH+]1CCN(S(=O)(=O)c2ccc3c(c2)CCC(=O)N3)[C@H](c2ccccc2)C1. The Labute approximate surface area is 159 Å². The number of aryl methyl sites for hydroxylation is 1. The number of anilines is 1. The van der Waals surface area contributed by atoms with E-state index in [0.717, 1.165) is 24.2 Å². The summed E-state index contributed by atoms with van der Waals surface area (Å²) in [5, 5.41) is 2.81. The van der Waals surface area contributed by atoms with E-state index in [4.69, 9.17) is 0 Å². The quantitative estimate of drug-likeness (QED) is 0.821. The van der Waals surface area contributed by atoms with Gasteiger partial charge in [-0.3, -0.25) is 4.79 Å². The molecule has 27 heavy (non-hydrogen) atoms. The fraction of sp³-hybridized carbons (Fsp3) is 0.350. The van der Waals surface area contributed by atoms with Crippen molar-refractivity contribution in [2.24, 2.45) is 0 Å². The second-order valence-corrected chi connectivity index (χ2v) is 9.21. The number of carbonyl (C=O) groups excluding carboxylic acids is 1. The Hall–Kier alpha value is -2.22. The van der Waals surface area contributed by atoms with Crippen LogP contribution in [0.4, 0.5) is 5.69 Å². The van der Waals surface area contributed by atoms with Crippen LogP contribution in [-0.2, 0) is 21.2 Å². The number of likely N-dealkylation sites (N-methyl/N-ethyl adjacent to an activating group) is 1. The number of carbonyl (C=O) groups is 1. The van der Waals surface area contributed by atoms with E-state index in [1.165, 1.54) is 4.90 Å². The molecule has 0 aliphatic carbocycles.